The molecule has 1 aromatic carbocycles. The molecule has 0 bridgehead atoms. The molecule has 1 saturated heterocycles. The number of likely N-dealkylation sites (tertiary alicyclic amines) is 1. The molecular formula is C23H29F2N3O3S. The second kappa shape index (κ2) is 9.23. The first kappa shape index (κ1) is 24.3. The fourth-order valence-corrected chi connectivity index (χ4v) is 4.82. The van der Waals surface area contributed by atoms with Gasteiger partial charge in [-0.3, -0.25) is 9.78 Å². The van der Waals surface area contributed by atoms with Gasteiger partial charge >= 0.3 is 0 Å². The van der Waals surface area contributed by atoms with Crippen LogP contribution in [0.15, 0.2) is 42.6 Å². The van der Waals surface area contributed by atoms with Gasteiger partial charge in [-0.15, -0.1) is 0 Å². The topological polar surface area (TPSA) is 79.4 Å². The van der Waals surface area contributed by atoms with Crippen LogP contribution in [-0.4, -0.2) is 54.5 Å². The Morgan fingerprint density at radius 2 is 2.00 bits per heavy atom. The summed E-state index contributed by atoms with van der Waals surface area (Å²) in [6.07, 6.45) is 1.79. The van der Waals surface area contributed by atoms with Gasteiger partial charge in [0.2, 0.25) is 15.9 Å². The van der Waals surface area contributed by atoms with Crippen LogP contribution in [0.5, 0.6) is 0 Å². The smallest absolute Gasteiger partial charge is 0.283 e. The van der Waals surface area contributed by atoms with Crippen molar-refractivity contribution in [2.24, 2.45) is 5.92 Å². The normalized spacial score (nSPS) is 20.7. The van der Waals surface area contributed by atoms with Gasteiger partial charge in [0, 0.05) is 17.7 Å². The number of carbonyl (C=O) groups is 1. The number of amides is 1. The molecule has 2 heterocycles. The van der Waals surface area contributed by atoms with Gasteiger partial charge in [0.05, 0.1) is 24.0 Å². The number of hydrogen-bond acceptors (Lipinski definition) is 4. The van der Waals surface area contributed by atoms with Crippen LogP contribution in [-0.2, 0) is 21.2 Å². The van der Waals surface area contributed by atoms with Crippen molar-refractivity contribution >= 4 is 15.9 Å². The minimum absolute atomic E-state index is 0.0879. The minimum atomic E-state index is -3.90. The zero-order valence-electron chi connectivity index (χ0n) is 18.7. The molecule has 0 unspecified atom stereocenters. The first-order valence-corrected chi connectivity index (χ1v) is 12.3. The van der Waals surface area contributed by atoms with Gasteiger partial charge in [0.15, 0.2) is 0 Å². The second-order valence-corrected chi connectivity index (χ2v) is 10.6. The Morgan fingerprint density at radius 1 is 1.28 bits per heavy atom. The molecular weight excluding hydrogens is 436 g/mol. The quantitative estimate of drug-likeness (QED) is 0.680. The molecule has 1 N–H and O–H groups in total. The average molecular weight is 466 g/mol. The van der Waals surface area contributed by atoms with Crippen molar-refractivity contribution in [1.29, 1.82) is 0 Å². The highest BCUT2D eigenvalue weighted by Gasteiger charge is 2.57. The van der Waals surface area contributed by atoms with E-state index in [0.717, 1.165) is 27.3 Å². The van der Waals surface area contributed by atoms with E-state index in [4.69, 9.17) is 0 Å². The second-order valence-electron chi connectivity index (χ2n) is 8.57. The molecule has 0 spiro atoms. The third kappa shape index (κ3) is 5.32. The molecule has 1 amide bonds. The third-order valence-electron chi connectivity index (χ3n) is 5.67. The summed E-state index contributed by atoms with van der Waals surface area (Å²) in [7, 11) is -3.90. The highest BCUT2D eigenvalue weighted by Crippen LogP contribution is 2.36. The SMILES string of the molecule is CCS(=O)(=O)N[C@@H]1[C@H](Cc2cccc(-c3cc(C)ccn3)c2)N(C(=O)C(C)C)CC1(F)F. The number of benzene rings is 1. The Bertz CT molecular complexity index is 1090. The van der Waals surface area contributed by atoms with Crippen LogP contribution in [0.4, 0.5) is 8.78 Å². The molecule has 1 aliphatic rings. The van der Waals surface area contributed by atoms with E-state index in [2.05, 4.69) is 9.71 Å². The summed E-state index contributed by atoms with van der Waals surface area (Å²) in [5.74, 6) is -4.62. The lowest BCUT2D eigenvalue weighted by Crippen LogP contribution is -2.53. The van der Waals surface area contributed by atoms with Gasteiger partial charge in [0.1, 0.15) is 6.04 Å². The van der Waals surface area contributed by atoms with Crippen molar-refractivity contribution in [1.82, 2.24) is 14.6 Å². The predicted molar refractivity (Wildman–Crippen MR) is 120 cm³/mol. The Labute approximate surface area is 188 Å². The summed E-state index contributed by atoms with van der Waals surface area (Å²) in [5, 5.41) is 0. The number of pyridine rings is 1. The van der Waals surface area contributed by atoms with Crippen molar-refractivity contribution < 1.29 is 22.0 Å². The van der Waals surface area contributed by atoms with E-state index in [0.29, 0.717) is 0 Å². The minimum Gasteiger partial charge on any atom is -0.331 e. The summed E-state index contributed by atoms with van der Waals surface area (Å²) in [5.41, 5.74) is 3.33. The molecule has 0 radical (unpaired) electrons. The monoisotopic (exact) mass is 465 g/mol. The maximum atomic E-state index is 15.0. The number of carbonyl (C=O) groups excluding carboxylic acids is 1. The van der Waals surface area contributed by atoms with Crippen molar-refractivity contribution in [3.8, 4) is 11.3 Å². The highest BCUT2D eigenvalue weighted by molar-refractivity contribution is 7.89. The number of halogens is 2. The van der Waals surface area contributed by atoms with Crippen LogP contribution in [0.25, 0.3) is 11.3 Å². The van der Waals surface area contributed by atoms with E-state index in [1.54, 1.807) is 26.1 Å². The van der Waals surface area contributed by atoms with Crippen molar-refractivity contribution in [2.75, 3.05) is 12.3 Å². The number of alkyl halides is 2. The molecule has 6 nitrogen and oxygen atoms in total. The molecule has 1 fully saturated rings. The molecule has 1 aliphatic heterocycles. The van der Waals surface area contributed by atoms with E-state index in [-0.39, 0.29) is 12.2 Å². The fraction of sp³-hybridized carbons (Fsp3) is 0.478. The molecule has 1 aromatic heterocycles. The zero-order chi connectivity index (χ0) is 23.7. The highest BCUT2D eigenvalue weighted by atomic mass is 32.2. The van der Waals surface area contributed by atoms with Gasteiger partial charge < -0.3 is 4.90 Å². The summed E-state index contributed by atoms with van der Waals surface area (Å²) in [6.45, 7) is 5.82. The predicted octanol–water partition coefficient (Wildman–Crippen LogP) is 3.41. The molecule has 0 aliphatic carbocycles. The maximum absolute atomic E-state index is 15.0. The van der Waals surface area contributed by atoms with Gasteiger partial charge in [-0.25, -0.2) is 21.9 Å². The summed E-state index contributed by atoms with van der Waals surface area (Å²) < 4.78 is 56.4. The van der Waals surface area contributed by atoms with Crippen molar-refractivity contribution in [2.45, 2.75) is 52.1 Å². The number of nitrogens with zero attached hydrogens (tertiary/aromatic N) is 2. The fourth-order valence-electron chi connectivity index (χ4n) is 3.94. The average Bonchev–Trinajstić information content (AvgIpc) is 2.97. The maximum Gasteiger partial charge on any atom is 0.283 e. The van der Waals surface area contributed by atoms with Gasteiger partial charge in [-0.2, -0.15) is 0 Å². The van der Waals surface area contributed by atoms with Crippen molar-refractivity contribution in [3.63, 3.8) is 0 Å². The number of hydrogen-bond donors (Lipinski definition) is 1. The molecule has 2 aromatic rings. The van der Waals surface area contributed by atoms with Crippen molar-refractivity contribution in [3.05, 3.63) is 53.7 Å². The Balaban J connectivity index is 1.98. The molecule has 174 valence electrons. The van der Waals surface area contributed by atoms with Crippen LogP contribution in [0.2, 0.25) is 0 Å². The molecule has 2 atom stereocenters. The lowest BCUT2D eigenvalue weighted by Gasteiger charge is -2.29. The summed E-state index contributed by atoms with van der Waals surface area (Å²) >= 11 is 0. The Hall–Kier alpha value is -2.39. The van der Waals surface area contributed by atoms with Crippen LogP contribution >= 0.6 is 0 Å². The van der Waals surface area contributed by atoms with E-state index in [9.17, 15) is 22.0 Å². The summed E-state index contributed by atoms with van der Waals surface area (Å²) in [6, 6.07) is 8.42. The molecule has 32 heavy (non-hydrogen) atoms. The standard InChI is InChI=1S/C23H29F2N3O3S/c1-5-32(30,31)27-21-20(28(14-23(21,24)25)22(29)15(2)3)13-17-7-6-8-18(12-17)19-11-16(4)9-10-26-19/h6-12,15,20-21,27H,5,13-14H2,1-4H3/t20-,21+/m0/s1. The first-order valence-electron chi connectivity index (χ1n) is 10.6. The van der Waals surface area contributed by atoms with Crippen LogP contribution in [0.1, 0.15) is 31.9 Å². The van der Waals surface area contributed by atoms with E-state index in [1.165, 1.54) is 6.92 Å². The number of sulfonamides is 1. The lowest BCUT2D eigenvalue weighted by atomic mass is 9.96. The van der Waals surface area contributed by atoms with Crippen LogP contribution in [0.3, 0.4) is 0 Å². The molecule has 3 rings (SSSR count). The van der Waals surface area contributed by atoms with Gasteiger partial charge in [-0.1, -0.05) is 32.0 Å². The third-order valence-corrected chi connectivity index (χ3v) is 7.04. The van der Waals surface area contributed by atoms with E-state index < -0.39 is 46.4 Å². The Morgan fingerprint density at radius 3 is 2.62 bits per heavy atom. The number of aromatic nitrogens is 1. The largest absolute Gasteiger partial charge is 0.331 e. The van der Waals surface area contributed by atoms with Gasteiger partial charge in [0.25, 0.3) is 5.92 Å². The first-order chi connectivity index (χ1) is 14.9. The van der Waals surface area contributed by atoms with E-state index in [1.807, 2.05) is 37.3 Å². The molecule has 0 saturated carbocycles. The van der Waals surface area contributed by atoms with Crippen LogP contribution in [0, 0.1) is 12.8 Å². The van der Waals surface area contributed by atoms with E-state index >= 15 is 0 Å². The number of rotatable bonds is 7. The lowest BCUT2D eigenvalue weighted by molar-refractivity contribution is -0.136. The van der Waals surface area contributed by atoms with Gasteiger partial charge in [-0.05, 0) is 49.6 Å². The molecule has 9 heteroatoms. The summed E-state index contributed by atoms with van der Waals surface area (Å²) in [4.78, 5) is 18.2. The Kier molecular flexibility index (Phi) is 7.00. The zero-order valence-corrected chi connectivity index (χ0v) is 19.5. The number of nitrogens with one attached hydrogen (secondary N) is 1. The number of aryl methyl sites for hydroxylation is 1. The van der Waals surface area contributed by atoms with Crippen LogP contribution < -0.4 is 4.72 Å².